The summed E-state index contributed by atoms with van der Waals surface area (Å²) in [5.41, 5.74) is 3.11. The largest absolute Gasteiger partial charge is 0.490 e. The predicted molar refractivity (Wildman–Crippen MR) is 130 cm³/mol. The fourth-order valence-corrected chi connectivity index (χ4v) is 4.86. The molecule has 7 heteroatoms. The lowest BCUT2D eigenvalue weighted by atomic mass is 10.1. The molecule has 1 fully saturated rings. The molecule has 0 aromatic heterocycles. The molecule has 0 amide bonds. The standard InChI is InChI=1S/C26H27NO5S/c1-2-30-24-16-19(25-27-21(17-33-25)26(28)29)12-13-23(24)32-15-14-31-22-11-7-6-10-20(22)18-8-4-3-5-9-18/h3-13,16,21,25,27H,2,14-15,17H2,1H3,(H,28,29). The lowest BCUT2D eigenvalue weighted by molar-refractivity contribution is -0.138. The Labute approximate surface area is 197 Å². The van der Waals surface area contributed by atoms with Gasteiger partial charge in [-0.3, -0.25) is 10.1 Å². The Morgan fingerprint density at radius 3 is 2.39 bits per heavy atom. The second kappa shape index (κ2) is 11.1. The van der Waals surface area contributed by atoms with Gasteiger partial charge in [-0.1, -0.05) is 54.6 Å². The number of carbonyl (C=O) groups is 1. The number of nitrogens with one attached hydrogen (secondary N) is 1. The van der Waals surface area contributed by atoms with E-state index in [1.165, 1.54) is 0 Å². The number of hydrogen-bond donors (Lipinski definition) is 2. The van der Waals surface area contributed by atoms with Gasteiger partial charge in [-0.05, 0) is 36.2 Å². The summed E-state index contributed by atoms with van der Waals surface area (Å²) in [6.45, 7) is 3.17. The summed E-state index contributed by atoms with van der Waals surface area (Å²) < 4.78 is 17.8. The Hall–Kier alpha value is -3.16. The van der Waals surface area contributed by atoms with Crippen molar-refractivity contribution in [3.8, 4) is 28.4 Å². The van der Waals surface area contributed by atoms with Crippen molar-refractivity contribution in [3.05, 3.63) is 78.4 Å². The molecule has 1 saturated heterocycles. The van der Waals surface area contributed by atoms with Gasteiger partial charge in [0.2, 0.25) is 0 Å². The molecule has 1 aliphatic heterocycles. The average molecular weight is 466 g/mol. The minimum Gasteiger partial charge on any atom is -0.490 e. The van der Waals surface area contributed by atoms with Crippen LogP contribution >= 0.6 is 11.8 Å². The van der Waals surface area contributed by atoms with Crippen LogP contribution < -0.4 is 19.5 Å². The molecule has 3 aromatic rings. The average Bonchev–Trinajstić information content (AvgIpc) is 3.34. The van der Waals surface area contributed by atoms with Crippen LogP contribution in [0.1, 0.15) is 17.9 Å². The van der Waals surface area contributed by atoms with Crippen LogP contribution in [0.15, 0.2) is 72.8 Å². The lowest BCUT2D eigenvalue weighted by Crippen LogP contribution is -2.33. The first-order valence-electron chi connectivity index (χ1n) is 10.9. The minimum absolute atomic E-state index is 0.0859. The van der Waals surface area contributed by atoms with Gasteiger partial charge in [-0.15, -0.1) is 11.8 Å². The van der Waals surface area contributed by atoms with Gasteiger partial charge in [0.1, 0.15) is 25.0 Å². The maximum atomic E-state index is 11.2. The number of aliphatic carboxylic acids is 1. The number of hydrogen-bond acceptors (Lipinski definition) is 6. The molecular weight excluding hydrogens is 438 g/mol. The summed E-state index contributed by atoms with van der Waals surface area (Å²) in [5.74, 6) is 1.79. The van der Waals surface area contributed by atoms with E-state index in [4.69, 9.17) is 14.2 Å². The number of rotatable bonds is 10. The maximum Gasteiger partial charge on any atom is 0.321 e. The van der Waals surface area contributed by atoms with Crippen LogP contribution in [0.4, 0.5) is 0 Å². The second-order valence-electron chi connectivity index (χ2n) is 7.47. The van der Waals surface area contributed by atoms with Crippen LogP contribution in [0.25, 0.3) is 11.1 Å². The molecule has 1 aliphatic rings. The maximum absolute atomic E-state index is 11.2. The molecule has 33 heavy (non-hydrogen) atoms. The molecule has 6 nitrogen and oxygen atoms in total. The summed E-state index contributed by atoms with van der Waals surface area (Å²) >= 11 is 1.57. The summed E-state index contributed by atoms with van der Waals surface area (Å²) in [7, 11) is 0. The normalized spacial score (nSPS) is 17.5. The van der Waals surface area contributed by atoms with Gasteiger partial charge in [0.05, 0.1) is 12.0 Å². The van der Waals surface area contributed by atoms with Gasteiger partial charge < -0.3 is 19.3 Å². The highest BCUT2D eigenvalue weighted by Gasteiger charge is 2.30. The van der Waals surface area contributed by atoms with Crippen molar-refractivity contribution in [1.82, 2.24) is 5.32 Å². The highest BCUT2D eigenvalue weighted by atomic mass is 32.2. The number of benzene rings is 3. The number of thioether (sulfide) groups is 1. The number of carboxylic acids is 1. The molecule has 0 bridgehead atoms. The van der Waals surface area contributed by atoms with Gasteiger partial charge in [0.25, 0.3) is 0 Å². The quantitative estimate of drug-likeness (QED) is 0.408. The fourth-order valence-electron chi connectivity index (χ4n) is 3.63. The van der Waals surface area contributed by atoms with E-state index in [9.17, 15) is 9.90 Å². The monoisotopic (exact) mass is 465 g/mol. The Morgan fingerprint density at radius 2 is 1.67 bits per heavy atom. The Bertz CT molecular complexity index is 1080. The van der Waals surface area contributed by atoms with Crippen molar-refractivity contribution in [2.75, 3.05) is 25.6 Å². The topological polar surface area (TPSA) is 77.0 Å². The third-order valence-corrected chi connectivity index (χ3v) is 6.49. The molecule has 1 heterocycles. The molecule has 2 N–H and O–H groups in total. The van der Waals surface area contributed by atoms with Gasteiger partial charge in [0, 0.05) is 11.3 Å². The van der Waals surface area contributed by atoms with E-state index in [-0.39, 0.29) is 5.37 Å². The molecule has 0 spiro atoms. The first-order valence-corrected chi connectivity index (χ1v) is 12.0. The van der Waals surface area contributed by atoms with Crippen LogP contribution in [-0.4, -0.2) is 42.7 Å². The predicted octanol–water partition coefficient (Wildman–Crippen LogP) is 5.00. The van der Waals surface area contributed by atoms with Crippen LogP contribution in [-0.2, 0) is 4.79 Å². The first-order chi connectivity index (χ1) is 16.2. The van der Waals surface area contributed by atoms with E-state index >= 15 is 0 Å². The minimum atomic E-state index is -0.830. The molecule has 0 aliphatic carbocycles. The van der Waals surface area contributed by atoms with Crippen LogP contribution in [0.5, 0.6) is 17.2 Å². The molecule has 3 aromatic carbocycles. The highest BCUT2D eigenvalue weighted by molar-refractivity contribution is 7.99. The Morgan fingerprint density at radius 1 is 0.939 bits per heavy atom. The number of ether oxygens (including phenoxy) is 3. The summed E-state index contributed by atoms with van der Waals surface area (Å²) in [6, 6.07) is 23.3. The lowest BCUT2D eigenvalue weighted by Gasteiger charge is -2.17. The zero-order valence-corrected chi connectivity index (χ0v) is 19.2. The van der Waals surface area contributed by atoms with Crippen molar-refractivity contribution in [1.29, 1.82) is 0 Å². The molecule has 4 rings (SSSR count). The molecular formula is C26H27NO5S. The van der Waals surface area contributed by atoms with E-state index in [2.05, 4.69) is 17.4 Å². The van der Waals surface area contributed by atoms with E-state index in [1.54, 1.807) is 11.8 Å². The van der Waals surface area contributed by atoms with E-state index in [0.717, 1.165) is 22.4 Å². The zero-order valence-electron chi connectivity index (χ0n) is 18.4. The smallest absolute Gasteiger partial charge is 0.321 e. The molecule has 172 valence electrons. The third kappa shape index (κ3) is 5.80. The number of para-hydroxylation sites is 1. The number of carboxylic acid groups (broad SMARTS) is 1. The summed E-state index contributed by atoms with van der Waals surface area (Å²) in [6.07, 6.45) is 0. The van der Waals surface area contributed by atoms with Crippen molar-refractivity contribution in [3.63, 3.8) is 0 Å². The van der Waals surface area contributed by atoms with E-state index in [0.29, 0.717) is 37.1 Å². The van der Waals surface area contributed by atoms with Gasteiger partial charge in [-0.2, -0.15) is 0 Å². The fraction of sp³-hybridized carbons (Fsp3) is 0.269. The van der Waals surface area contributed by atoms with Crippen molar-refractivity contribution >= 4 is 17.7 Å². The summed E-state index contributed by atoms with van der Waals surface area (Å²) in [5, 5.41) is 12.3. The van der Waals surface area contributed by atoms with E-state index in [1.807, 2.05) is 67.6 Å². The van der Waals surface area contributed by atoms with Crippen LogP contribution in [0, 0.1) is 0 Å². The Kier molecular flexibility index (Phi) is 7.75. The second-order valence-corrected chi connectivity index (χ2v) is 8.61. The van der Waals surface area contributed by atoms with Gasteiger partial charge in [-0.25, -0.2) is 0 Å². The Balaban J connectivity index is 1.38. The van der Waals surface area contributed by atoms with Crippen LogP contribution in [0.3, 0.4) is 0 Å². The summed E-state index contributed by atoms with van der Waals surface area (Å²) in [4.78, 5) is 11.2. The molecule has 0 saturated carbocycles. The zero-order chi connectivity index (χ0) is 23.0. The molecule has 2 atom stereocenters. The highest BCUT2D eigenvalue weighted by Crippen LogP contribution is 2.37. The SMILES string of the molecule is CCOc1cc(C2NC(C(=O)O)CS2)ccc1OCCOc1ccccc1-c1ccccc1. The van der Waals surface area contributed by atoms with Crippen LogP contribution in [0.2, 0.25) is 0 Å². The molecule has 2 unspecified atom stereocenters. The van der Waals surface area contributed by atoms with Gasteiger partial charge >= 0.3 is 5.97 Å². The molecule has 0 radical (unpaired) electrons. The van der Waals surface area contributed by atoms with Gasteiger partial charge in [0.15, 0.2) is 11.5 Å². The van der Waals surface area contributed by atoms with Crippen molar-refractivity contribution < 1.29 is 24.1 Å². The van der Waals surface area contributed by atoms with E-state index < -0.39 is 12.0 Å². The van der Waals surface area contributed by atoms with Crippen molar-refractivity contribution in [2.24, 2.45) is 0 Å². The van der Waals surface area contributed by atoms with Crippen molar-refractivity contribution in [2.45, 2.75) is 18.3 Å². The third-order valence-electron chi connectivity index (χ3n) is 5.22. The first kappa shape index (κ1) is 23.0.